The Labute approximate surface area is 199 Å². The van der Waals surface area contributed by atoms with E-state index < -0.39 is 17.4 Å². The molecule has 1 N–H and O–H groups in total. The average molecular weight is 469 g/mol. The largest absolute Gasteiger partial charge is 0.491 e. The molecule has 1 aliphatic heterocycles. The van der Waals surface area contributed by atoms with E-state index in [1.54, 1.807) is 16.4 Å². The molecule has 2 heterocycles. The fraction of sp³-hybridized carbons (Fsp3) is 0.520. The topological polar surface area (TPSA) is 103 Å². The Kier molecular flexibility index (Phi) is 6.63. The third-order valence-corrected chi connectivity index (χ3v) is 6.55. The number of hydrogen-bond acceptors (Lipinski definition) is 6. The molecule has 0 spiro atoms. The first kappa shape index (κ1) is 23.8. The van der Waals surface area contributed by atoms with Gasteiger partial charge in [0.25, 0.3) is 5.91 Å². The van der Waals surface area contributed by atoms with Crippen LogP contribution in [0.3, 0.4) is 0 Å². The summed E-state index contributed by atoms with van der Waals surface area (Å²) >= 11 is 0. The maximum absolute atomic E-state index is 13.7. The number of rotatable bonds is 7. The van der Waals surface area contributed by atoms with Crippen molar-refractivity contribution in [2.75, 3.05) is 7.11 Å². The molecule has 1 aromatic carbocycles. The van der Waals surface area contributed by atoms with Crippen LogP contribution < -0.4 is 10.1 Å². The van der Waals surface area contributed by atoms with Crippen LogP contribution in [0.4, 0.5) is 0 Å². The molecule has 1 saturated carbocycles. The quantitative estimate of drug-likeness (QED) is 0.627. The highest BCUT2D eigenvalue weighted by Gasteiger charge is 2.49. The lowest BCUT2D eigenvalue weighted by atomic mass is 9.93. The van der Waals surface area contributed by atoms with Gasteiger partial charge in [-0.1, -0.05) is 25.0 Å². The fourth-order valence-corrected chi connectivity index (χ4v) is 4.72. The Morgan fingerprint density at radius 1 is 1.21 bits per heavy atom. The minimum atomic E-state index is -1.16. The van der Waals surface area contributed by atoms with E-state index in [-0.39, 0.29) is 42.5 Å². The second kappa shape index (κ2) is 9.48. The summed E-state index contributed by atoms with van der Waals surface area (Å²) in [6.45, 7) is 6.06. The van der Waals surface area contributed by atoms with Crippen LogP contribution in [-0.4, -0.2) is 57.0 Å². The summed E-state index contributed by atoms with van der Waals surface area (Å²) in [5.74, 6) is -0.588. The number of carbonyl (C=O) groups excluding carboxylic acids is 3. The van der Waals surface area contributed by atoms with Crippen molar-refractivity contribution in [3.05, 3.63) is 47.5 Å². The lowest BCUT2D eigenvalue weighted by Crippen LogP contribution is -2.64. The van der Waals surface area contributed by atoms with Gasteiger partial charge in [0.2, 0.25) is 5.91 Å². The lowest BCUT2D eigenvalue weighted by molar-refractivity contribution is -0.134. The molecule has 0 radical (unpaired) electrons. The summed E-state index contributed by atoms with van der Waals surface area (Å²) in [5, 5.41) is 3.15. The smallest absolute Gasteiger partial charge is 0.359 e. The van der Waals surface area contributed by atoms with Crippen LogP contribution >= 0.6 is 0 Å². The van der Waals surface area contributed by atoms with E-state index >= 15 is 0 Å². The number of hydrogen-bond donors (Lipinski definition) is 1. The van der Waals surface area contributed by atoms with E-state index in [0.29, 0.717) is 0 Å². The Bertz CT molecular complexity index is 1070. The second-order valence-corrected chi connectivity index (χ2v) is 9.49. The number of nitrogens with one attached hydrogen (secondary N) is 1. The molecule has 0 saturated heterocycles. The van der Waals surface area contributed by atoms with Crippen LogP contribution in [-0.2, 0) is 22.6 Å². The fourth-order valence-electron chi connectivity index (χ4n) is 4.72. The van der Waals surface area contributed by atoms with E-state index in [4.69, 9.17) is 9.47 Å². The molecule has 0 bridgehead atoms. The Morgan fingerprint density at radius 2 is 1.88 bits per heavy atom. The van der Waals surface area contributed by atoms with Gasteiger partial charge in [0.15, 0.2) is 5.69 Å². The molecule has 1 aromatic heterocycles. The molecule has 1 atom stereocenters. The summed E-state index contributed by atoms with van der Waals surface area (Å²) in [5.41, 5.74) is -0.223. The molecule has 1 fully saturated rings. The van der Waals surface area contributed by atoms with Crippen molar-refractivity contribution in [2.45, 2.75) is 77.2 Å². The number of aromatic nitrogens is 2. The third kappa shape index (κ3) is 4.51. The van der Waals surface area contributed by atoms with Crippen molar-refractivity contribution >= 4 is 17.8 Å². The number of imidazole rings is 1. The summed E-state index contributed by atoms with van der Waals surface area (Å²) in [7, 11) is 1.25. The molecule has 9 heteroatoms. The molecule has 1 aliphatic carbocycles. The van der Waals surface area contributed by atoms with Gasteiger partial charge in [-0.05, 0) is 51.3 Å². The highest BCUT2D eigenvalue weighted by Crippen LogP contribution is 2.32. The van der Waals surface area contributed by atoms with E-state index in [9.17, 15) is 14.4 Å². The van der Waals surface area contributed by atoms with Crippen LogP contribution in [0.1, 0.15) is 73.0 Å². The second-order valence-electron chi connectivity index (χ2n) is 9.49. The summed E-state index contributed by atoms with van der Waals surface area (Å²) in [4.78, 5) is 45.2. The van der Waals surface area contributed by atoms with Gasteiger partial charge in [0, 0.05) is 12.6 Å². The first-order valence-corrected chi connectivity index (χ1v) is 11.7. The zero-order valence-electron chi connectivity index (χ0n) is 20.2. The number of amides is 2. The van der Waals surface area contributed by atoms with Crippen molar-refractivity contribution < 1.29 is 23.9 Å². The Morgan fingerprint density at radius 3 is 2.50 bits per heavy atom. The van der Waals surface area contributed by atoms with Gasteiger partial charge in [-0.3, -0.25) is 9.59 Å². The number of methoxy groups -OCH3 is 1. The molecule has 34 heavy (non-hydrogen) atoms. The van der Waals surface area contributed by atoms with Gasteiger partial charge >= 0.3 is 5.97 Å². The van der Waals surface area contributed by atoms with E-state index in [1.807, 2.05) is 38.1 Å². The summed E-state index contributed by atoms with van der Waals surface area (Å²) in [6.07, 6.45) is 5.53. The molecular formula is C25H32N4O5. The number of carbonyl (C=O) groups is 3. The first-order valence-electron chi connectivity index (χ1n) is 11.7. The van der Waals surface area contributed by atoms with Crippen molar-refractivity contribution in [3.63, 3.8) is 0 Å². The number of nitrogens with zero attached hydrogens (tertiary/aromatic N) is 3. The maximum Gasteiger partial charge on any atom is 0.359 e. The zero-order chi connectivity index (χ0) is 24.5. The average Bonchev–Trinajstić information content (AvgIpc) is 3.46. The molecule has 182 valence electrons. The van der Waals surface area contributed by atoms with E-state index in [0.717, 1.165) is 37.0 Å². The molecule has 2 aliphatic rings. The molecular weight excluding hydrogens is 436 g/mol. The van der Waals surface area contributed by atoms with Gasteiger partial charge in [0.05, 0.1) is 26.1 Å². The van der Waals surface area contributed by atoms with E-state index in [1.165, 1.54) is 13.4 Å². The van der Waals surface area contributed by atoms with Crippen LogP contribution in [0, 0.1) is 0 Å². The highest BCUT2D eigenvalue weighted by atomic mass is 16.5. The van der Waals surface area contributed by atoms with Gasteiger partial charge in [0.1, 0.15) is 17.0 Å². The first-order chi connectivity index (χ1) is 16.2. The minimum absolute atomic E-state index is 0.0450. The standard InChI is InChI=1S/C25H32N4O5/c1-16(2)34-19-11-9-17(10-12-19)13-29-22(30)21-20(23(31)33-4)26-15-28(21)14-25(29,3)24(32)27-18-7-5-6-8-18/h9-12,15-16,18H,5-8,13-14H2,1-4H3,(H,27,32)/t25-/m0/s1. The predicted octanol–water partition coefficient (Wildman–Crippen LogP) is 2.93. The van der Waals surface area contributed by atoms with Crippen molar-refractivity contribution in [3.8, 4) is 5.75 Å². The SMILES string of the molecule is COC(=O)c1ncn2c1C(=O)N(Cc1ccc(OC(C)C)cc1)[C@](C)(C(=O)NC1CCCC1)C2. The molecule has 4 rings (SSSR count). The van der Waals surface area contributed by atoms with Gasteiger partial charge in [-0.15, -0.1) is 0 Å². The number of benzene rings is 1. The molecule has 2 aromatic rings. The molecule has 9 nitrogen and oxygen atoms in total. The molecule has 0 unspecified atom stereocenters. The third-order valence-electron chi connectivity index (χ3n) is 6.55. The Balaban J connectivity index is 1.68. The lowest BCUT2D eigenvalue weighted by Gasteiger charge is -2.44. The summed E-state index contributed by atoms with van der Waals surface area (Å²) < 4.78 is 12.1. The number of fused-ring (bicyclic) bond motifs is 1. The normalized spacial score (nSPS) is 20.4. The van der Waals surface area contributed by atoms with Gasteiger partial charge in [-0.25, -0.2) is 9.78 Å². The van der Waals surface area contributed by atoms with Gasteiger partial charge < -0.3 is 24.3 Å². The van der Waals surface area contributed by atoms with Crippen molar-refractivity contribution in [2.24, 2.45) is 0 Å². The maximum atomic E-state index is 13.7. The minimum Gasteiger partial charge on any atom is -0.491 e. The van der Waals surface area contributed by atoms with Crippen LogP contribution in [0.15, 0.2) is 30.6 Å². The highest BCUT2D eigenvalue weighted by molar-refractivity contribution is 6.06. The number of ether oxygens (including phenoxy) is 2. The van der Waals surface area contributed by atoms with Gasteiger partial charge in [-0.2, -0.15) is 0 Å². The number of esters is 1. The van der Waals surface area contributed by atoms with E-state index in [2.05, 4.69) is 10.3 Å². The monoisotopic (exact) mass is 468 g/mol. The Hall–Kier alpha value is -3.36. The van der Waals surface area contributed by atoms with Crippen molar-refractivity contribution in [1.82, 2.24) is 19.8 Å². The predicted molar refractivity (Wildman–Crippen MR) is 124 cm³/mol. The van der Waals surface area contributed by atoms with Crippen LogP contribution in [0.2, 0.25) is 0 Å². The van der Waals surface area contributed by atoms with Crippen LogP contribution in [0.25, 0.3) is 0 Å². The molecule has 2 amide bonds. The zero-order valence-corrected chi connectivity index (χ0v) is 20.2. The summed E-state index contributed by atoms with van der Waals surface area (Å²) in [6, 6.07) is 7.58. The van der Waals surface area contributed by atoms with Crippen molar-refractivity contribution in [1.29, 1.82) is 0 Å². The van der Waals surface area contributed by atoms with Crippen LogP contribution in [0.5, 0.6) is 5.75 Å².